The first kappa shape index (κ1) is 25.0. The minimum atomic E-state index is -1.04. The molecule has 178 valence electrons. The first-order valence-corrected chi connectivity index (χ1v) is 12.1. The molecule has 33 heavy (non-hydrogen) atoms. The number of aryl methyl sites for hydroxylation is 2. The maximum absolute atomic E-state index is 12.9. The summed E-state index contributed by atoms with van der Waals surface area (Å²) in [5.74, 6) is -0.321. The van der Waals surface area contributed by atoms with Crippen LogP contribution in [0.4, 0.5) is 5.69 Å². The van der Waals surface area contributed by atoms with Gasteiger partial charge in [-0.25, -0.2) is 0 Å². The highest BCUT2D eigenvalue weighted by Crippen LogP contribution is 2.39. The van der Waals surface area contributed by atoms with Crippen LogP contribution in [0.2, 0.25) is 0 Å². The fraction of sp³-hybridized carbons (Fsp3) is 0.500. The Morgan fingerprint density at radius 1 is 1.06 bits per heavy atom. The van der Waals surface area contributed by atoms with Crippen LogP contribution in [-0.2, 0) is 20.7 Å². The monoisotopic (exact) mass is 451 g/mol. The smallest absolute Gasteiger partial charge is 0.305 e. The van der Waals surface area contributed by atoms with Crippen LogP contribution in [0, 0.1) is 19.8 Å². The topological polar surface area (TPSA) is 75.6 Å². The molecule has 1 amide bonds. The molecule has 3 atom stereocenters. The molecule has 0 aliphatic heterocycles. The Labute approximate surface area is 197 Å². The Bertz CT molecular complexity index is 922. The van der Waals surface area contributed by atoms with Gasteiger partial charge in [-0.1, -0.05) is 55.5 Å². The van der Waals surface area contributed by atoms with E-state index in [9.17, 15) is 14.7 Å². The molecule has 0 spiro atoms. The van der Waals surface area contributed by atoms with Crippen LogP contribution >= 0.6 is 0 Å². The third-order valence-electron chi connectivity index (χ3n) is 6.86. The van der Waals surface area contributed by atoms with Crippen molar-refractivity contribution >= 4 is 17.6 Å². The SMILES string of the molecule is CCC(=O)OC1CCCC(C(O)(CCC(=O)Nc2c(C)cccc2C)Cc2ccccc2)C1. The number of hydrogen-bond acceptors (Lipinski definition) is 4. The van der Waals surface area contributed by atoms with E-state index in [4.69, 9.17) is 4.74 Å². The van der Waals surface area contributed by atoms with Gasteiger partial charge in [0.05, 0.1) is 5.60 Å². The number of rotatable bonds is 9. The zero-order valence-electron chi connectivity index (χ0n) is 20.1. The molecule has 0 radical (unpaired) electrons. The summed E-state index contributed by atoms with van der Waals surface area (Å²) in [5.41, 5.74) is 2.89. The van der Waals surface area contributed by atoms with Crippen molar-refractivity contribution in [1.29, 1.82) is 0 Å². The highest BCUT2D eigenvalue weighted by atomic mass is 16.5. The van der Waals surface area contributed by atoms with E-state index in [1.165, 1.54) is 0 Å². The van der Waals surface area contributed by atoms with E-state index in [0.717, 1.165) is 41.6 Å². The van der Waals surface area contributed by atoms with E-state index in [1.54, 1.807) is 6.92 Å². The molecule has 0 bridgehead atoms. The number of carbonyl (C=O) groups is 2. The normalized spacial score (nSPS) is 20.0. The summed E-state index contributed by atoms with van der Waals surface area (Å²) in [6.07, 6.45) is 4.48. The number of para-hydroxylation sites is 1. The maximum Gasteiger partial charge on any atom is 0.305 e. The zero-order chi connectivity index (χ0) is 23.8. The van der Waals surface area contributed by atoms with Crippen LogP contribution in [0.5, 0.6) is 0 Å². The van der Waals surface area contributed by atoms with Crippen LogP contribution in [0.15, 0.2) is 48.5 Å². The number of carbonyl (C=O) groups excluding carboxylic acids is 2. The van der Waals surface area contributed by atoms with Crippen LogP contribution in [0.3, 0.4) is 0 Å². The summed E-state index contributed by atoms with van der Waals surface area (Å²) in [6.45, 7) is 5.76. The van der Waals surface area contributed by atoms with Gasteiger partial charge in [0.15, 0.2) is 0 Å². The minimum absolute atomic E-state index is 0.0332. The molecule has 5 nitrogen and oxygen atoms in total. The van der Waals surface area contributed by atoms with Crippen molar-refractivity contribution in [2.75, 3.05) is 5.32 Å². The number of benzene rings is 2. The second-order valence-electron chi connectivity index (χ2n) is 9.41. The number of nitrogens with one attached hydrogen (secondary N) is 1. The molecule has 3 unspecified atom stereocenters. The second kappa shape index (κ2) is 11.5. The maximum atomic E-state index is 12.9. The van der Waals surface area contributed by atoms with Crippen molar-refractivity contribution in [3.63, 3.8) is 0 Å². The predicted octanol–water partition coefficient (Wildman–Crippen LogP) is 5.51. The average Bonchev–Trinajstić information content (AvgIpc) is 2.81. The van der Waals surface area contributed by atoms with E-state index in [-0.39, 0.29) is 30.3 Å². The number of esters is 1. The van der Waals surface area contributed by atoms with Crippen LogP contribution in [0.25, 0.3) is 0 Å². The van der Waals surface area contributed by atoms with Gasteiger partial charge in [0.2, 0.25) is 5.91 Å². The molecule has 1 fully saturated rings. The summed E-state index contributed by atoms with van der Waals surface area (Å²) >= 11 is 0. The Morgan fingerprint density at radius 3 is 2.42 bits per heavy atom. The first-order chi connectivity index (χ1) is 15.8. The molecule has 2 N–H and O–H groups in total. The van der Waals surface area contributed by atoms with Gasteiger partial charge in [0.1, 0.15) is 6.10 Å². The number of anilines is 1. The zero-order valence-corrected chi connectivity index (χ0v) is 20.1. The Morgan fingerprint density at radius 2 is 1.76 bits per heavy atom. The van der Waals surface area contributed by atoms with Crippen LogP contribution < -0.4 is 5.32 Å². The third-order valence-corrected chi connectivity index (χ3v) is 6.86. The minimum Gasteiger partial charge on any atom is -0.462 e. The van der Waals surface area contributed by atoms with Crippen LogP contribution in [-0.4, -0.2) is 28.7 Å². The summed E-state index contributed by atoms with van der Waals surface area (Å²) in [6, 6.07) is 15.9. The third kappa shape index (κ3) is 6.91. The van der Waals surface area contributed by atoms with Gasteiger partial charge in [-0.2, -0.15) is 0 Å². The molecule has 0 saturated heterocycles. The number of hydrogen-bond donors (Lipinski definition) is 2. The van der Waals surface area contributed by atoms with Crippen molar-refractivity contribution in [1.82, 2.24) is 0 Å². The lowest BCUT2D eigenvalue weighted by Gasteiger charge is -2.41. The fourth-order valence-electron chi connectivity index (χ4n) is 4.94. The summed E-state index contributed by atoms with van der Waals surface area (Å²) in [5, 5.41) is 14.9. The second-order valence-corrected chi connectivity index (χ2v) is 9.41. The predicted molar refractivity (Wildman–Crippen MR) is 131 cm³/mol. The largest absolute Gasteiger partial charge is 0.462 e. The van der Waals surface area contributed by atoms with Crippen molar-refractivity contribution < 1.29 is 19.4 Å². The van der Waals surface area contributed by atoms with Gasteiger partial charge >= 0.3 is 5.97 Å². The van der Waals surface area contributed by atoms with Gasteiger partial charge in [0, 0.05) is 24.9 Å². The van der Waals surface area contributed by atoms with Gasteiger partial charge in [-0.15, -0.1) is 0 Å². The van der Waals surface area contributed by atoms with E-state index < -0.39 is 5.60 Å². The van der Waals surface area contributed by atoms with E-state index >= 15 is 0 Å². The molecule has 2 aromatic carbocycles. The van der Waals surface area contributed by atoms with E-state index in [0.29, 0.717) is 25.7 Å². The highest BCUT2D eigenvalue weighted by Gasteiger charge is 2.40. The summed E-state index contributed by atoms with van der Waals surface area (Å²) in [4.78, 5) is 24.7. The number of aliphatic hydroxyl groups is 1. The lowest BCUT2D eigenvalue weighted by Crippen LogP contribution is -2.44. The first-order valence-electron chi connectivity index (χ1n) is 12.1. The molecular weight excluding hydrogens is 414 g/mol. The molecule has 5 heteroatoms. The molecule has 1 aliphatic rings. The average molecular weight is 452 g/mol. The fourth-order valence-corrected chi connectivity index (χ4v) is 4.94. The van der Waals surface area contributed by atoms with Gasteiger partial charge in [-0.3, -0.25) is 9.59 Å². The molecule has 1 saturated carbocycles. The van der Waals surface area contributed by atoms with E-state index in [2.05, 4.69) is 5.32 Å². The highest BCUT2D eigenvalue weighted by molar-refractivity contribution is 5.92. The van der Waals surface area contributed by atoms with E-state index in [1.807, 2.05) is 62.4 Å². The lowest BCUT2D eigenvalue weighted by molar-refractivity contribution is -0.153. The van der Waals surface area contributed by atoms with Crippen molar-refractivity contribution in [2.24, 2.45) is 5.92 Å². The van der Waals surface area contributed by atoms with Crippen molar-refractivity contribution in [2.45, 2.75) is 83.8 Å². The lowest BCUT2D eigenvalue weighted by atomic mass is 9.71. The van der Waals surface area contributed by atoms with Gasteiger partial charge < -0.3 is 15.2 Å². The van der Waals surface area contributed by atoms with Crippen LogP contribution in [0.1, 0.15) is 68.6 Å². The van der Waals surface area contributed by atoms with Gasteiger partial charge in [0.25, 0.3) is 0 Å². The molecule has 1 aliphatic carbocycles. The van der Waals surface area contributed by atoms with Crippen molar-refractivity contribution in [3.8, 4) is 0 Å². The van der Waals surface area contributed by atoms with Gasteiger partial charge in [-0.05, 0) is 68.6 Å². The molecule has 0 heterocycles. The standard InChI is InChI=1S/C28H37NO4/c1-4-26(31)33-24-15-9-14-23(18-24)28(32,19-22-12-6-5-7-13-22)17-16-25(30)29-27-20(2)10-8-11-21(27)3/h5-8,10-13,23-24,32H,4,9,14-19H2,1-3H3,(H,29,30). The summed E-state index contributed by atoms with van der Waals surface area (Å²) in [7, 11) is 0. The Kier molecular flexibility index (Phi) is 8.67. The molecule has 0 aromatic heterocycles. The Hall–Kier alpha value is -2.66. The van der Waals surface area contributed by atoms with Crippen molar-refractivity contribution in [3.05, 3.63) is 65.2 Å². The molecule has 2 aromatic rings. The quantitative estimate of drug-likeness (QED) is 0.493. The Balaban J connectivity index is 1.73. The summed E-state index contributed by atoms with van der Waals surface area (Å²) < 4.78 is 5.62. The molecule has 3 rings (SSSR count). The molecular formula is C28H37NO4. The number of amides is 1. The number of ether oxygens (including phenoxy) is 1.